The van der Waals surface area contributed by atoms with E-state index in [4.69, 9.17) is 10.5 Å². The van der Waals surface area contributed by atoms with Crippen LogP contribution in [0.5, 0.6) is 5.75 Å². The zero-order chi connectivity index (χ0) is 11.9. The summed E-state index contributed by atoms with van der Waals surface area (Å²) in [5.74, 6) is 0.565. The molecule has 1 aliphatic rings. The minimum Gasteiger partial charge on any atom is -0.479 e. The molecule has 0 bridgehead atoms. The maximum absolute atomic E-state index is 11.4. The fourth-order valence-electron chi connectivity index (χ4n) is 1.60. The number of rotatable bonds is 1. The number of nitrogens with two attached hydrogens (primary N) is 1. The second-order valence-electron chi connectivity index (χ2n) is 4.68. The normalized spacial score (nSPS) is 19.8. The van der Waals surface area contributed by atoms with Gasteiger partial charge in [0.2, 0.25) is 0 Å². The van der Waals surface area contributed by atoms with Gasteiger partial charge in [-0.15, -0.1) is 0 Å². The van der Waals surface area contributed by atoms with E-state index >= 15 is 0 Å². The molecule has 3 N–H and O–H groups in total. The first-order valence-electron chi connectivity index (χ1n) is 5.29. The molecular weight excluding hydrogens is 204 g/mol. The summed E-state index contributed by atoms with van der Waals surface area (Å²) < 4.78 is 5.51. The van der Waals surface area contributed by atoms with Crippen molar-refractivity contribution in [3.05, 3.63) is 23.8 Å². The quantitative estimate of drug-likeness (QED) is 0.755. The number of carbonyl (C=O) groups is 1. The maximum Gasteiger partial charge on any atom is 0.265 e. The Morgan fingerprint density at radius 3 is 2.75 bits per heavy atom. The van der Waals surface area contributed by atoms with Crippen LogP contribution in [-0.4, -0.2) is 12.0 Å². The molecule has 1 aliphatic heterocycles. The molecule has 0 fully saturated rings. The van der Waals surface area contributed by atoms with Crippen molar-refractivity contribution in [1.29, 1.82) is 0 Å². The highest BCUT2D eigenvalue weighted by Crippen LogP contribution is 2.33. The van der Waals surface area contributed by atoms with E-state index in [1.54, 1.807) is 6.92 Å². The van der Waals surface area contributed by atoms with Gasteiger partial charge in [-0.2, -0.15) is 0 Å². The number of anilines is 1. The van der Waals surface area contributed by atoms with Crippen LogP contribution in [0.15, 0.2) is 18.2 Å². The van der Waals surface area contributed by atoms with E-state index in [0.717, 1.165) is 5.56 Å². The highest BCUT2D eigenvalue weighted by molar-refractivity contribution is 5.97. The third kappa shape index (κ3) is 1.88. The van der Waals surface area contributed by atoms with E-state index in [-0.39, 0.29) is 5.91 Å². The third-order valence-corrected chi connectivity index (χ3v) is 2.66. The van der Waals surface area contributed by atoms with Gasteiger partial charge in [0, 0.05) is 5.54 Å². The summed E-state index contributed by atoms with van der Waals surface area (Å²) in [5.41, 5.74) is 7.28. The number of hydrogen-bond donors (Lipinski definition) is 2. The van der Waals surface area contributed by atoms with Gasteiger partial charge >= 0.3 is 0 Å². The molecule has 4 nitrogen and oxygen atoms in total. The number of ether oxygens (including phenoxy) is 1. The number of carbonyl (C=O) groups excluding carboxylic acids is 1. The molecule has 0 spiro atoms. The van der Waals surface area contributed by atoms with Crippen LogP contribution < -0.4 is 15.8 Å². The molecule has 86 valence electrons. The molecule has 0 aromatic heterocycles. The minimum atomic E-state index is -0.455. The van der Waals surface area contributed by atoms with Crippen molar-refractivity contribution in [1.82, 2.24) is 0 Å². The average Bonchev–Trinajstić information content (AvgIpc) is 2.17. The molecule has 1 aromatic carbocycles. The van der Waals surface area contributed by atoms with Crippen molar-refractivity contribution < 1.29 is 9.53 Å². The standard InChI is InChI=1S/C12H16N2O2/c1-7-11(15)14-9-5-4-8(12(2,3)13)6-10(9)16-7/h4-7H,13H2,1-3H3,(H,14,15). The van der Waals surface area contributed by atoms with Crippen molar-refractivity contribution in [2.75, 3.05) is 5.32 Å². The van der Waals surface area contributed by atoms with Crippen molar-refractivity contribution in [3.8, 4) is 5.75 Å². The van der Waals surface area contributed by atoms with Crippen molar-refractivity contribution in [2.45, 2.75) is 32.4 Å². The molecule has 1 unspecified atom stereocenters. The summed E-state index contributed by atoms with van der Waals surface area (Å²) >= 11 is 0. The summed E-state index contributed by atoms with van der Waals surface area (Å²) in [6.07, 6.45) is -0.455. The van der Waals surface area contributed by atoms with E-state index in [1.807, 2.05) is 32.0 Å². The Morgan fingerprint density at radius 2 is 2.12 bits per heavy atom. The Hall–Kier alpha value is -1.55. The van der Waals surface area contributed by atoms with E-state index in [1.165, 1.54) is 0 Å². The molecule has 1 atom stereocenters. The summed E-state index contributed by atoms with van der Waals surface area (Å²) in [4.78, 5) is 11.4. The first-order chi connectivity index (χ1) is 7.38. The number of hydrogen-bond acceptors (Lipinski definition) is 3. The van der Waals surface area contributed by atoms with Crippen molar-refractivity contribution in [3.63, 3.8) is 0 Å². The second kappa shape index (κ2) is 3.49. The lowest BCUT2D eigenvalue weighted by Crippen LogP contribution is -2.35. The molecule has 1 amide bonds. The van der Waals surface area contributed by atoms with Gasteiger partial charge in [0.05, 0.1) is 5.69 Å². The van der Waals surface area contributed by atoms with Crippen LogP contribution in [-0.2, 0) is 10.3 Å². The van der Waals surface area contributed by atoms with Gasteiger partial charge in [-0.25, -0.2) is 0 Å². The summed E-state index contributed by atoms with van der Waals surface area (Å²) in [6.45, 7) is 5.58. The monoisotopic (exact) mass is 220 g/mol. The molecule has 4 heteroatoms. The number of nitrogens with one attached hydrogen (secondary N) is 1. The number of amides is 1. The second-order valence-corrected chi connectivity index (χ2v) is 4.68. The Balaban J connectivity index is 2.40. The van der Waals surface area contributed by atoms with Crippen LogP contribution in [0.3, 0.4) is 0 Å². The average molecular weight is 220 g/mol. The topological polar surface area (TPSA) is 64.3 Å². The smallest absolute Gasteiger partial charge is 0.265 e. The van der Waals surface area contributed by atoms with Gasteiger partial charge in [0.15, 0.2) is 6.10 Å². The van der Waals surface area contributed by atoms with E-state index < -0.39 is 11.6 Å². The van der Waals surface area contributed by atoms with Crippen LogP contribution in [0.25, 0.3) is 0 Å². The molecule has 1 aromatic rings. The fourth-order valence-corrected chi connectivity index (χ4v) is 1.60. The number of fused-ring (bicyclic) bond motifs is 1. The Morgan fingerprint density at radius 1 is 1.44 bits per heavy atom. The third-order valence-electron chi connectivity index (χ3n) is 2.66. The summed E-state index contributed by atoms with van der Waals surface area (Å²) in [7, 11) is 0. The van der Waals surface area contributed by atoms with Crippen LogP contribution in [0, 0.1) is 0 Å². The zero-order valence-electron chi connectivity index (χ0n) is 9.70. The van der Waals surface area contributed by atoms with Gasteiger partial charge in [-0.1, -0.05) is 6.07 Å². The molecule has 0 saturated carbocycles. The van der Waals surface area contributed by atoms with Crippen molar-refractivity contribution >= 4 is 11.6 Å². The lowest BCUT2D eigenvalue weighted by molar-refractivity contribution is -0.122. The van der Waals surface area contributed by atoms with Gasteiger partial charge in [-0.3, -0.25) is 4.79 Å². The van der Waals surface area contributed by atoms with Crippen LogP contribution in [0.1, 0.15) is 26.3 Å². The fraction of sp³-hybridized carbons (Fsp3) is 0.417. The van der Waals surface area contributed by atoms with Gasteiger partial charge in [-0.05, 0) is 38.5 Å². The molecule has 1 heterocycles. The van der Waals surface area contributed by atoms with Crippen LogP contribution >= 0.6 is 0 Å². The highest BCUT2D eigenvalue weighted by atomic mass is 16.5. The predicted octanol–water partition coefficient (Wildman–Crippen LogP) is 1.60. The van der Waals surface area contributed by atoms with Gasteiger partial charge in [0.1, 0.15) is 5.75 Å². The molecule has 16 heavy (non-hydrogen) atoms. The Bertz CT molecular complexity index is 435. The lowest BCUT2D eigenvalue weighted by atomic mass is 9.95. The molecule has 0 radical (unpaired) electrons. The lowest BCUT2D eigenvalue weighted by Gasteiger charge is -2.26. The molecule has 0 saturated heterocycles. The minimum absolute atomic E-state index is 0.118. The van der Waals surface area contributed by atoms with Gasteiger partial charge in [0.25, 0.3) is 5.91 Å². The Labute approximate surface area is 94.8 Å². The SMILES string of the molecule is CC1Oc2cc(C(C)(C)N)ccc2NC1=O. The molecular formula is C12H16N2O2. The first kappa shape index (κ1) is 11.0. The van der Waals surface area contributed by atoms with E-state index in [9.17, 15) is 4.79 Å². The number of benzene rings is 1. The maximum atomic E-state index is 11.4. The highest BCUT2D eigenvalue weighted by Gasteiger charge is 2.25. The van der Waals surface area contributed by atoms with Crippen LogP contribution in [0.2, 0.25) is 0 Å². The molecule has 0 aliphatic carbocycles. The van der Waals surface area contributed by atoms with E-state index in [0.29, 0.717) is 11.4 Å². The van der Waals surface area contributed by atoms with Crippen molar-refractivity contribution in [2.24, 2.45) is 5.73 Å². The summed E-state index contributed by atoms with van der Waals surface area (Å²) in [6, 6.07) is 5.60. The van der Waals surface area contributed by atoms with E-state index in [2.05, 4.69) is 5.32 Å². The largest absolute Gasteiger partial charge is 0.479 e. The zero-order valence-corrected chi connectivity index (χ0v) is 9.70. The Kier molecular flexibility index (Phi) is 2.39. The molecule has 2 rings (SSSR count). The predicted molar refractivity (Wildman–Crippen MR) is 62.4 cm³/mol. The summed E-state index contributed by atoms with van der Waals surface area (Å²) in [5, 5.41) is 2.78. The first-order valence-corrected chi connectivity index (χ1v) is 5.29. The van der Waals surface area contributed by atoms with Gasteiger partial charge < -0.3 is 15.8 Å². The van der Waals surface area contributed by atoms with Crippen LogP contribution in [0.4, 0.5) is 5.69 Å².